The Labute approximate surface area is 296 Å². The average Bonchev–Trinajstić information content (AvgIpc) is 3.77. The number of benzene rings is 1. The molecule has 5 heterocycles. The summed E-state index contributed by atoms with van der Waals surface area (Å²) in [6, 6.07) is 3.07. The number of piperidine rings is 1. The monoisotopic (exact) mass is 705 g/mol. The highest BCUT2D eigenvalue weighted by Crippen LogP contribution is 2.52. The number of pyridine rings is 1. The van der Waals surface area contributed by atoms with E-state index in [-0.39, 0.29) is 34.4 Å². The van der Waals surface area contributed by atoms with Gasteiger partial charge < -0.3 is 23.8 Å². The molecule has 0 bridgehead atoms. The van der Waals surface area contributed by atoms with Gasteiger partial charge in [-0.15, -0.1) is 0 Å². The van der Waals surface area contributed by atoms with Crippen LogP contribution in [0.15, 0.2) is 12.3 Å². The van der Waals surface area contributed by atoms with Crippen molar-refractivity contribution in [3.8, 4) is 23.1 Å². The molecule has 2 aliphatic heterocycles. The number of H-pyrrole nitrogens is 1. The van der Waals surface area contributed by atoms with Crippen LogP contribution in [0.3, 0.4) is 0 Å². The van der Waals surface area contributed by atoms with E-state index < -0.39 is 5.82 Å². The zero-order valence-electron chi connectivity index (χ0n) is 28.9. The Kier molecular flexibility index (Phi) is 8.49. The van der Waals surface area contributed by atoms with Gasteiger partial charge in [0.25, 0.3) is 0 Å². The molecule has 0 spiro atoms. The first-order valence-corrected chi connectivity index (χ1v) is 18.7. The molecule has 5 aliphatic rings. The van der Waals surface area contributed by atoms with E-state index in [0.717, 1.165) is 74.4 Å². The summed E-state index contributed by atoms with van der Waals surface area (Å²) in [4.78, 5) is 19.6. The zero-order valence-corrected chi connectivity index (χ0v) is 29.6. The predicted molar refractivity (Wildman–Crippen MR) is 189 cm³/mol. The summed E-state index contributed by atoms with van der Waals surface area (Å²) in [5.41, 5.74) is 2.53. The molecule has 3 saturated carbocycles. The number of nitrogens with one attached hydrogen (secondary N) is 1. The van der Waals surface area contributed by atoms with Gasteiger partial charge in [-0.1, -0.05) is 18.0 Å². The van der Waals surface area contributed by atoms with Gasteiger partial charge >= 0.3 is 6.01 Å². The maximum Gasteiger partial charge on any atom is 0.319 e. The molecule has 4 aromatic rings. The van der Waals surface area contributed by atoms with Gasteiger partial charge in [-0.2, -0.15) is 15.1 Å². The molecule has 2 unspecified atom stereocenters. The molecule has 5 fully saturated rings. The highest BCUT2D eigenvalue weighted by Gasteiger charge is 2.52. The number of aromatic nitrogens is 5. The maximum absolute atomic E-state index is 17.4. The number of methoxy groups -OCH3 is 2. The van der Waals surface area contributed by atoms with Gasteiger partial charge in [0, 0.05) is 60.3 Å². The second-order valence-electron chi connectivity index (χ2n) is 14.9. The number of hydrogen-bond donors (Lipinski definition) is 1. The van der Waals surface area contributed by atoms with Crippen LogP contribution in [0.2, 0.25) is 5.02 Å². The third-order valence-electron chi connectivity index (χ3n) is 12.1. The van der Waals surface area contributed by atoms with Crippen LogP contribution in [0, 0.1) is 11.2 Å². The van der Waals surface area contributed by atoms with Gasteiger partial charge in [-0.25, -0.2) is 9.37 Å². The summed E-state index contributed by atoms with van der Waals surface area (Å²) in [5.74, 6) is 0.489. The van der Waals surface area contributed by atoms with Crippen LogP contribution in [0.1, 0.15) is 75.7 Å². The van der Waals surface area contributed by atoms with Crippen molar-refractivity contribution in [1.29, 1.82) is 0 Å². The van der Waals surface area contributed by atoms with Gasteiger partial charge in [0.05, 0.1) is 38.1 Å². The SMILES string of the molecule is COc1nc(-c2c(C3CC3)c(Cl)cc3[nH]ncc23)c(F)c2nc(OCC34CCCC3N(C3CC(OC)C3)CCC4)nc(N3CCCOCC3)c12. The predicted octanol–water partition coefficient (Wildman–Crippen LogP) is 6.66. The van der Waals surface area contributed by atoms with Crippen LogP contribution < -0.4 is 14.4 Å². The molecule has 3 aromatic heterocycles. The Balaban J connectivity index is 1.15. The minimum absolute atomic E-state index is 0.0117. The second-order valence-corrected chi connectivity index (χ2v) is 15.3. The van der Waals surface area contributed by atoms with Crippen molar-refractivity contribution >= 4 is 39.2 Å². The van der Waals surface area contributed by atoms with Gasteiger partial charge in [-0.05, 0) is 81.9 Å². The lowest BCUT2D eigenvalue weighted by Gasteiger charge is -2.53. The number of hydrogen-bond acceptors (Lipinski definition) is 10. The van der Waals surface area contributed by atoms with E-state index in [1.807, 2.05) is 13.2 Å². The number of aromatic amines is 1. The number of nitrogens with zero attached hydrogens (tertiary/aromatic N) is 6. The highest BCUT2D eigenvalue weighted by molar-refractivity contribution is 6.33. The largest absolute Gasteiger partial charge is 0.480 e. The van der Waals surface area contributed by atoms with Crippen molar-refractivity contribution in [2.24, 2.45) is 5.41 Å². The number of ether oxygens (including phenoxy) is 4. The smallest absolute Gasteiger partial charge is 0.319 e. The molecule has 13 heteroatoms. The van der Waals surface area contributed by atoms with Crippen LogP contribution in [0.25, 0.3) is 33.1 Å². The Morgan fingerprint density at radius 2 is 1.90 bits per heavy atom. The fourth-order valence-corrected chi connectivity index (χ4v) is 9.71. The summed E-state index contributed by atoms with van der Waals surface area (Å²) in [5, 5.41) is 9.04. The maximum atomic E-state index is 17.4. The first kappa shape index (κ1) is 32.6. The minimum atomic E-state index is -0.550. The number of likely N-dealkylation sites (tertiary alicyclic amines) is 1. The Hall–Kier alpha value is -3.32. The molecule has 50 heavy (non-hydrogen) atoms. The van der Waals surface area contributed by atoms with Gasteiger partial charge in [0.15, 0.2) is 5.82 Å². The number of rotatable bonds is 9. The van der Waals surface area contributed by atoms with Gasteiger partial charge in [-0.3, -0.25) is 10.00 Å². The fourth-order valence-electron chi connectivity index (χ4n) is 9.35. The lowest BCUT2D eigenvalue weighted by Crippen LogP contribution is -2.59. The first-order chi connectivity index (χ1) is 24.5. The molecule has 11 nitrogen and oxygen atoms in total. The molecule has 2 atom stereocenters. The lowest BCUT2D eigenvalue weighted by atomic mass is 9.73. The number of fused-ring (bicyclic) bond motifs is 3. The standard InChI is InChI=1S/C37H45ClFN7O4/c1-47-23-16-22(17-23)46-12-4-10-37(9-3-6-27(37)46)20-50-36-42-33-30(34(43-36)45-11-5-14-49-15-13-45)35(48-2)41-32(31(33)39)29-24-19-40-44-26(24)18-25(38)28(29)21-7-8-21/h18-19,21-23,27H,3-17,20H2,1-2H3,(H,40,44). The highest BCUT2D eigenvalue weighted by atomic mass is 35.5. The van der Waals surface area contributed by atoms with E-state index in [2.05, 4.69) is 20.0 Å². The summed E-state index contributed by atoms with van der Waals surface area (Å²) < 4.78 is 41.4. The van der Waals surface area contributed by atoms with E-state index in [4.69, 9.17) is 45.5 Å². The summed E-state index contributed by atoms with van der Waals surface area (Å²) in [6.45, 7) is 4.10. The zero-order chi connectivity index (χ0) is 34.0. The molecule has 0 radical (unpaired) electrons. The molecule has 3 aliphatic carbocycles. The molecule has 0 amide bonds. The lowest BCUT2D eigenvalue weighted by molar-refractivity contribution is -0.0845. The van der Waals surface area contributed by atoms with E-state index in [0.29, 0.717) is 72.9 Å². The quantitative estimate of drug-likeness (QED) is 0.203. The number of halogens is 2. The van der Waals surface area contributed by atoms with Gasteiger partial charge in [0.1, 0.15) is 22.4 Å². The molecule has 2 saturated heterocycles. The van der Waals surface area contributed by atoms with Crippen molar-refractivity contribution < 1.29 is 23.3 Å². The van der Waals surface area contributed by atoms with E-state index in [9.17, 15) is 0 Å². The molecule has 1 aromatic carbocycles. The molecule has 1 N–H and O–H groups in total. The van der Waals surface area contributed by atoms with E-state index in [1.54, 1.807) is 13.3 Å². The first-order valence-electron chi connectivity index (χ1n) is 18.3. The fraction of sp³-hybridized carbons (Fsp3) is 0.622. The molecule has 9 rings (SSSR count). The minimum Gasteiger partial charge on any atom is -0.480 e. The second kappa shape index (κ2) is 13.0. The third kappa shape index (κ3) is 5.48. The molecule has 266 valence electrons. The van der Waals surface area contributed by atoms with Crippen LogP contribution in [0.5, 0.6) is 11.9 Å². The van der Waals surface area contributed by atoms with E-state index in [1.165, 1.54) is 12.8 Å². The van der Waals surface area contributed by atoms with Crippen molar-refractivity contribution in [3.63, 3.8) is 0 Å². The van der Waals surface area contributed by atoms with Crippen molar-refractivity contribution in [2.45, 2.75) is 88.3 Å². The molecular weight excluding hydrogens is 661 g/mol. The normalized spacial score (nSPS) is 27.4. The average molecular weight is 706 g/mol. The van der Waals surface area contributed by atoms with E-state index >= 15 is 4.39 Å². The summed E-state index contributed by atoms with van der Waals surface area (Å²) >= 11 is 6.87. The Morgan fingerprint density at radius 1 is 1.04 bits per heavy atom. The Morgan fingerprint density at radius 3 is 2.72 bits per heavy atom. The molecular formula is C37H45ClFN7O4. The van der Waals surface area contributed by atoms with Crippen molar-refractivity contribution in [2.75, 3.05) is 58.6 Å². The van der Waals surface area contributed by atoms with Crippen molar-refractivity contribution in [3.05, 3.63) is 28.7 Å². The van der Waals surface area contributed by atoms with Crippen LogP contribution in [-0.2, 0) is 9.47 Å². The van der Waals surface area contributed by atoms with Gasteiger partial charge in [0.2, 0.25) is 5.88 Å². The Bertz CT molecular complexity index is 1910. The van der Waals surface area contributed by atoms with Crippen LogP contribution in [-0.4, -0.2) is 102 Å². The van der Waals surface area contributed by atoms with Crippen LogP contribution in [0.4, 0.5) is 10.2 Å². The number of anilines is 1. The third-order valence-corrected chi connectivity index (χ3v) is 12.4. The van der Waals surface area contributed by atoms with Crippen molar-refractivity contribution in [1.82, 2.24) is 30.0 Å². The summed E-state index contributed by atoms with van der Waals surface area (Å²) in [6.07, 6.45) is 12.7. The van der Waals surface area contributed by atoms with Crippen LogP contribution >= 0.6 is 11.6 Å². The summed E-state index contributed by atoms with van der Waals surface area (Å²) in [7, 11) is 3.37. The topological polar surface area (TPSA) is 111 Å².